The molecule has 2 rings (SSSR count). The highest BCUT2D eigenvalue weighted by Gasteiger charge is 2.00. The van der Waals surface area contributed by atoms with Gasteiger partial charge in [-0.1, -0.05) is 24.3 Å². The average Bonchev–Trinajstić information content (AvgIpc) is 2.65. The third kappa shape index (κ3) is 1.60. The summed E-state index contributed by atoms with van der Waals surface area (Å²) in [6.07, 6.45) is 1.72. The van der Waals surface area contributed by atoms with Crippen molar-refractivity contribution in [2.24, 2.45) is 5.73 Å². The highest BCUT2D eigenvalue weighted by atomic mass is 15.0. The van der Waals surface area contributed by atoms with E-state index in [9.17, 15) is 0 Å². The van der Waals surface area contributed by atoms with Crippen molar-refractivity contribution in [2.75, 3.05) is 5.73 Å². The zero-order chi connectivity index (χ0) is 9.97. The fourth-order valence-electron chi connectivity index (χ4n) is 1.30. The zero-order valence-corrected chi connectivity index (χ0v) is 7.70. The molecule has 0 amide bonds. The van der Waals surface area contributed by atoms with Gasteiger partial charge >= 0.3 is 0 Å². The van der Waals surface area contributed by atoms with Gasteiger partial charge in [0.15, 0.2) is 5.95 Å². The van der Waals surface area contributed by atoms with Crippen molar-refractivity contribution in [2.45, 2.75) is 6.54 Å². The fraction of sp³-hybridized carbons (Fsp3) is 0.100. The molecule has 5 N–H and O–H groups in total. The number of nitrogen functional groups attached to an aromatic ring is 1. The topological polar surface area (TPSA) is 80.7 Å². The van der Waals surface area contributed by atoms with Gasteiger partial charge in [0.1, 0.15) is 0 Å². The molecule has 0 aliphatic carbocycles. The molecule has 0 radical (unpaired) electrons. The van der Waals surface area contributed by atoms with E-state index in [1.807, 2.05) is 24.3 Å². The number of nitrogens with two attached hydrogens (primary N) is 2. The van der Waals surface area contributed by atoms with Crippen molar-refractivity contribution in [1.29, 1.82) is 0 Å². The summed E-state index contributed by atoms with van der Waals surface area (Å²) in [7, 11) is 0. The summed E-state index contributed by atoms with van der Waals surface area (Å²) in [6.45, 7) is 0.561. The average molecular weight is 188 g/mol. The summed E-state index contributed by atoms with van der Waals surface area (Å²) in [5.41, 5.74) is 14.1. The minimum absolute atomic E-state index is 0.433. The molecule has 0 saturated carbocycles. The van der Waals surface area contributed by atoms with Gasteiger partial charge in [0.05, 0.1) is 11.9 Å². The molecule has 1 aromatic carbocycles. The molecular weight excluding hydrogens is 176 g/mol. The van der Waals surface area contributed by atoms with Crippen LogP contribution in [0, 0.1) is 0 Å². The number of imidazole rings is 1. The number of benzene rings is 1. The van der Waals surface area contributed by atoms with Crippen molar-refractivity contribution in [3.8, 4) is 11.3 Å². The van der Waals surface area contributed by atoms with Crippen LogP contribution in [0.25, 0.3) is 11.3 Å². The first-order chi connectivity index (χ1) is 6.79. The lowest BCUT2D eigenvalue weighted by molar-refractivity contribution is 1.07. The first kappa shape index (κ1) is 8.77. The SMILES string of the molecule is NCc1ccc(-c2cnc(N)[nH]2)cc1. The van der Waals surface area contributed by atoms with E-state index < -0.39 is 0 Å². The van der Waals surface area contributed by atoms with Crippen LogP contribution in [0.15, 0.2) is 30.5 Å². The number of hydrogen-bond acceptors (Lipinski definition) is 3. The van der Waals surface area contributed by atoms with Crippen LogP contribution in [0.5, 0.6) is 0 Å². The first-order valence-electron chi connectivity index (χ1n) is 4.39. The molecule has 4 heteroatoms. The summed E-state index contributed by atoms with van der Waals surface area (Å²) in [5.74, 6) is 0.433. The summed E-state index contributed by atoms with van der Waals surface area (Å²) in [6, 6.07) is 7.98. The van der Waals surface area contributed by atoms with E-state index in [4.69, 9.17) is 11.5 Å². The second-order valence-corrected chi connectivity index (χ2v) is 3.08. The fourth-order valence-corrected chi connectivity index (χ4v) is 1.30. The van der Waals surface area contributed by atoms with Gasteiger partial charge < -0.3 is 16.5 Å². The normalized spacial score (nSPS) is 10.4. The molecule has 72 valence electrons. The third-order valence-corrected chi connectivity index (χ3v) is 2.10. The van der Waals surface area contributed by atoms with Gasteiger partial charge in [-0.15, -0.1) is 0 Å². The Kier molecular flexibility index (Phi) is 2.20. The molecule has 0 aliphatic heterocycles. The number of aromatic amines is 1. The Balaban J connectivity index is 2.33. The lowest BCUT2D eigenvalue weighted by atomic mass is 10.1. The quantitative estimate of drug-likeness (QED) is 0.660. The summed E-state index contributed by atoms with van der Waals surface area (Å²) in [4.78, 5) is 6.90. The van der Waals surface area contributed by atoms with Gasteiger partial charge in [0.25, 0.3) is 0 Å². The van der Waals surface area contributed by atoms with Gasteiger partial charge in [-0.2, -0.15) is 0 Å². The molecule has 0 fully saturated rings. The largest absolute Gasteiger partial charge is 0.369 e. The molecule has 2 aromatic rings. The predicted molar refractivity (Wildman–Crippen MR) is 56.3 cm³/mol. The molecule has 0 aliphatic rings. The molecule has 0 bridgehead atoms. The predicted octanol–water partition coefficient (Wildman–Crippen LogP) is 1.12. The zero-order valence-electron chi connectivity index (χ0n) is 7.70. The van der Waals surface area contributed by atoms with E-state index >= 15 is 0 Å². The minimum Gasteiger partial charge on any atom is -0.369 e. The van der Waals surface area contributed by atoms with E-state index in [1.54, 1.807) is 6.20 Å². The van der Waals surface area contributed by atoms with Crippen LogP contribution in [0.2, 0.25) is 0 Å². The van der Waals surface area contributed by atoms with Crippen LogP contribution in [-0.4, -0.2) is 9.97 Å². The van der Waals surface area contributed by atoms with Crippen molar-refractivity contribution in [1.82, 2.24) is 9.97 Å². The first-order valence-corrected chi connectivity index (χ1v) is 4.39. The number of rotatable bonds is 2. The number of aromatic nitrogens is 2. The lowest BCUT2D eigenvalue weighted by Gasteiger charge is -1.99. The van der Waals surface area contributed by atoms with E-state index in [2.05, 4.69) is 9.97 Å². The number of H-pyrrole nitrogens is 1. The molecule has 1 heterocycles. The maximum atomic E-state index is 5.50. The maximum absolute atomic E-state index is 5.50. The smallest absolute Gasteiger partial charge is 0.197 e. The second-order valence-electron chi connectivity index (χ2n) is 3.08. The Hall–Kier alpha value is -1.81. The van der Waals surface area contributed by atoms with Crippen molar-refractivity contribution in [3.63, 3.8) is 0 Å². The van der Waals surface area contributed by atoms with Crippen LogP contribution in [0.3, 0.4) is 0 Å². The van der Waals surface area contributed by atoms with E-state index in [0.29, 0.717) is 12.5 Å². The van der Waals surface area contributed by atoms with Gasteiger partial charge in [0, 0.05) is 6.54 Å². The number of nitrogens with zero attached hydrogens (tertiary/aromatic N) is 1. The van der Waals surface area contributed by atoms with Crippen LogP contribution < -0.4 is 11.5 Å². The van der Waals surface area contributed by atoms with Crippen molar-refractivity contribution >= 4 is 5.95 Å². The number of nitrogens with one attached hydrogen (secondary N) is 1. The number of hydrogen-bond donors (Lipinski definition) is 3. The lowest BCUT2D eigenvalue weighted by Crippen LogP contribution is -1.95. The molecule has 0 atom stereocenters. The Morgan fingerprint density at radius 2 is 1.93 bits per heavy atom. The molecule has 0 spiro atoms. The Morgan fingerprint density at radius 1 is 1.21 bits per heavy atom. The Bertz CT molecular complexity index is 416. The molecule has 0 unspecified atom stereocenters. The summed E-state index contributed by atoms with van der Waals surface area (Å²) < 4.78 is 0. The van der Waals surface area contributed by atoms with Crippen LogP contribution in [0.1, 0.15) is 5.56 Å². The van der Waals surface area contributed by atoms with Crippen LogP contribution in [0.4, 0.5) is 5.95 Å². The van der Waals surface area contributed by atoms with Crippen molar-refractivity contribution < 1.29 is 0 Å². The molecule has 14 heavy (non-hydrogen) atoms. The Morgan fingerprint density at radius 3 is 2.43 bits per heavy atom. The minimum atomic E-state index is 0.433. The van der Waals surface area contributed by atoms with Gasteiger partial charge in [0.2, 0.25) is 0 Å². The van der Waals surface area contributed by atoms with Gasteiger partial charge in [-0.05, 0) is 11.1 Å². The van der Waals surface area contributed by atoms with E-state index in [0.717, 1.165) is 16.8 Å². The summed E-state index contributed by atoms with van der Waals surface area (Å²) >= 11 is 0. The molecule has 0 saturated heterocycles. The molecular formula is C10H12N4. The monoisotopic (exact) mass is 188 g/mol. The van der Waals surface area contributed by atoms with Crippen LogP contribution in [-0.2, 0) is 6.54 Å². The highest BCUT2D eigenvalue weighted by molar-refractivity contribution is 5.60. The second kappa shape index (κ2) is 3.51. The maximum Gasteiger partial charge on any atom is 0.197 e. The number of anilines is 1. The van der Waals surface area contributed by atoms with E-state index in [1.165, 1.54) is 0 Å². The Labute approximate surface area is 82.0 Å². The third-order valence-electron chi connectivity index (χ3n) is 2.10. The van der Waals surface area contributed by atoms with Crippen molar-refractivity contribution in [3.05, 3.63) is 36.0 Å². The molecule has 4 nitrogen and oxygen atoms in total. The summed E-state index contributed by atoms with van der Waals surface area (Å²) in [5, 5.41) is 0. The van der Waals surface area contributed by atoms with Gasteiger partial charge in [-0.25, -0.2) is 4.98 Å². The van der Waals surface area contributed by atoms with Gasteiger partial charge in [-0.3, -0.25) is 0 Å². The molecule has 1 aromatic heterocycles. The highest BCUT2D eigenvalue weighted by Crippen LogP contribution is 2.17. The van der Waals surface area contributed by atoms with Crippen LogP contribution >= 0.6 is 0 Å². The van der Waals surface area contributed by atoms with E-state index in [-0.39, 0.29) is 0 Å². The standard InChI is InChI=1S/C10H12N4/c11-5-7-1-3-8(4-2-7)9-6-13-10(12)14-9/h1-4,6H,5,11H2,(H3,12,13,14).